The van der Waals surface area contributed by atoms with Gasteiger partial charge in [0.25, 0.3) is 20.2 Å². The van der Waals surface area contributed by atoms with Gasteiger partial charge < -0.3 is 10.2 Å². The van der Waals surface area contributed by atoms with Crippen molar-refractivity contribution < 1.29 is 39.2 Å². The van der Waals surface area contributed by atoms with Crippen LogP contribution in [0.25, 0.3) is 0 Å². The quantitative estimate of drug-likeness (QED) is 0.0936. The van der Waals surface area contributed by atoms with Gasteiger partial charge in [0.15, 0.2) is 9.84 Å². The fourth-order valence-corrected chi connectivity index (χ4v) is 7.56. The molecule has 1 amide bonds. The molecule has 0 aromatic heterocycles. The smallest absolute Gasteiger partial charge is 0.294 e. The number of allylic oxidation sites excluding steroid dienone is 7. The summed E-state index contributed by atoms with van der Waals surface area (Å²) in [6.07, 6.45) is 11.5. The van der Waals surface area contributed by atoms with Crippen LogP contribution in [-0.4, -0.2) is 59.1 Å². The van der Waals surface area contributed by atoms with Crippen LogP contribution in [0, 0.1) is 6.92 Å². The van der Waals surface area contributed by atoms with Crippen LogP contribution in [0.2, 0.25) is 0 Å². The predicted octanol–water partition coefficient (Wildman–Crippen LogP) is 6.35. The first-order chi connectivity index (χ1) is 23.5. The van der Waals surface area contributed by atoms with E-state index in [-0.39, 0.29) is 34.4 Å². The summed E-state index contributed by atoms with van der Waals surface area (Å²) in [5.41, 5.74) is 3.42. The van der Waals surface area contributed by atoms with Crippen molar-refractivity contribution >= 4 is 41.7 Å². The number of hydrogen-bond acceptors (Lipinski definition) is 8. The summed E-state index contributed by atoms with van der Waals surface area (Å²) in [6, 6.07) is 9.01. The summed E-state index contributed by atoms with van der Waals surface area (Å²) in [5, 5.41) is 3.49. The van der Waals surface area contributed by atoms with Crippen molar-refractivity contribution in [1.29, 1.82) is 0 Å². The third kappa shape index (κ3) is 10.6. The van der Waals surface area contributed by atoms with E-state index in [2.05, 4.69) is 23.4 Å². The number of amides is 1. The molecule has 0 saturated heterocycles. The Morgan fingerprint density at radius 3 is 2.18 bits per heavy atom. The van der Waals surface area contributed by atoms with Gasteiger partial charge in [-0.05, 0) is 78.4 Å². The van der Waals surface area contributed by atoms with E-state index in [1.165, 1.54) is 24.3 Å². The summed E-state index contributed by atoms with van der Waals surface area (Å²) >= 11 is 0. The van der Waals surface area contributed by atoms with E-state index in [0.717, 1.165) is 27.9 Å². The molecule has 14 heteroatoms. The molecule has 278 valence electrons. The maximum Gasteiger partial charge on any atom is 0.294 e. The lowest BCUT2D eigenvalue weighted by atomic mass is 9.76. The number of nitrogens with one attached hydrogen (secondary N) is 1. The first-order valence-corrected chi connectivity index (χ1v) is 21.0. The van der Waals surface area contributed by atoms with Gasteiger partial charge in [-0.15, -0.1) is 0 Å². The highest BCUT2D eigenvalue weighted by Gasteiger charge is 2.40. The number of benzene rings is 2. The zero-order chi connectivity index (χ0) is 38.4. The number of fused-ring (bicyclic) bond motifs is 1. The first-order valence-electron chi connectivity index (χ1n) is 16.4. The lowest BCUT2D eigenvalue weighted by Gasteiger charge is -2.28. The Hall–Kier alpha value is -3.82. The van der Waals surface area contributed by atoms with Gasteiger partial charge in [-0.2, -0.15) is 16.8 Å². The van der Waals surface area contributed by atoms with Crippen molar-refractivity contribution in [3.63, 3.8) is 0 Å². The van der Waals surface area contributed by atoms with E-state index in [0.29, 0.717) is 36.9 Å². The Morgan fingerprint density at radius 1 is 0.922 bits per heavy atom. The number of rotatable bonds is 17. The molecule has 0 spiro atoms. The molecule has 2 aromatic rings. The second kappa shape index (κ2) is 16.2. The second-order valence-corrected chi connectivity index (χ2v) is 18.4. The molecule has 11 nitrogen and oxygen atoms in total. The molecule has 3 N–H and O–H groups in total. The molecular weight excluding hydrogens is 713 g/mol. The van der Waals surface area contributed by atoms with Crippen LogP contribution in [0.5, 0.6) is 0 Å². The Bertz CT molecular complexity index is 2090. The lowest BCUT2D eigenvalue weighted by Crippen LogP contribution is -2.28. The van der Waals surface area contributed by atoms with Gasteiger partial charge in [0, 0.05) is 47.1 Å². The summed E-state index contributed by atoms with van der Waals surface area (Å²) in [5.74, 6) is -0.433. The van der Waals surface area contributed by atoms with Crippen LogP contribution in [0.1, 0.15) is 70.1 Å². The normalized spacial score (nSPS) is 15.8. The van der Waals surface area contributed by atoms with Gasteiger partial charge >= 0.3 is 0 Å². The summed E-state index contributed by atoms with van der Waals surface area (Å²) in [4.78, 5) is 13.9. The largest absolute Gasteiger partial charge is 0.355 e. The maximum atomic E-state index is 12.2. The van der Waals surface area contributed by atoms with Crippen LogP contribution in [0.15, 0.2) is 106 Å². The van der Waals surface area contributed by atoms with E-state index < -0.39 is 40.9 Å². The molecule has 0 fully saturated rings. The van der Waals surface area contributed by atoms with E-state index in [9.17, 15) is 39.2 Å². The molecule has 1 aliphatic heterocycles. The van der Waals surface area contributed by atoms with Gasteiger partial charge in [0.1, 0.15) is 0 Å². The Labute approximate surface area is 303 Å². The highest BCUT2D eigenvalue weighted by atomic mass is 32.2. The highest BCUT2D eigenvalue weighted by molar-refractivity contribution is 7.94. The third-order valence-corrected chi connectivity index (χ3v) is 12.1. The van der Waals surface area contributed by atoms with Crippen LogP contribution in [0.4, 0.5) is 5.69 Å². The summed E-state index contributed by atoms with van der Waals surface area (Å²) < 4.78 is 89.8. The average Bonchev–Trinajstić information content (AvgIpc) is 3.24. The fraction of sp³-hybridized carbons (Fsp3) is 0.378. The SMILES string of the molecule is C=CS(=O)(=O)CCNC(=O)CCCCCN1/C(=C/C=C/C=C/C(=C)C(C)(C)c2cc(S(=O)(=O)O)ccc2C)C(C)(C)c2cc(S(=O)(=O)O)ccc21. The summed E-state index contributed by atoms with van der Waals surface area (Å²) in [6.45, 7) is 17.7. The minimum atomic E-state index is -4.42. The van der Waals surface area contributed by atoms with Crippen molar-refractivity contribution in [2.24, 2.45) is 0 Å². The Kier molecular flexibility index (Phi) is 13.2. The second-order valence-electron chi connectivity index (χ2n) is 13.5. The van der Waals surface area contributed by atoms with Gasteiger partial charge in [0.2, 0.25) is 5.91 Å². The summed E-state index contributed by atoms with van der Waals surface area (Å²) in [7, 11) is -12.2. The number of carbonyl (C=O) groups excluding carboxylic acids is 1. The van der Waals surface area contributed by atoms with Crippen LogP contribution >= 0.6 is 0 Å². The molecule has 1 aliphatic rings. The van der Waals surface area contributed by atoms with E-state index >= 15 is 0 Å². The number of aryl methyl sites for hydroxylation is 1. The zero-order valence-corrected chi connectivity index (χ0v) is 32.2. The van der Waals surface area contributed by atoms with Crippen LogP contribution in [-0.2, 0) is 45.7 Å². The van der Waals surface area contributed by atoms with Gasteiger partial charge in [0.05, 0.1) is 15.5 Å². The Morgan fingerprint density at radius 2 is 1.55 bits per heavy atom. The topological polar surface area (TPSA) is 175 Å². The van der Waals surface area contributed by atoms with Crippen molar-refractivity contribution in [2.75, 3.05) is 23.7 Å². The fourth-order valence-electron chi connectivity index (χ4n) is 5.99. The van der Waals surface area contributed by atoms with E-state index in [4.69, 9.17) is 0 Å². The van der Waals surface area contributed by atoms with E-state index in [1.807, 2.05) is 65.0 Å². The maximum absolute atomic E-state index is 12.2. The minimum absolute atomic E-state index is 0.0195. The van der Waals surface area contributed by atoms with Gasteiger partial charge in [-0.1, -0.05) is 77.6 Å². The predicted molar refractivity (Wildman–Crippen MR) is 202 cm³/mol. The van der Waals surface area contributed by atoms with E-state index in [1.54, 1.807) is 12.1 Å². The molecule has 0 unspecified atom stereocenters. The third-order valence-electron chi connectivity index (χ3n) is 9.17. The standard InChI is InChI=1S/C37H48N2O9S3/c1-8-49(41,42)24-22-38-35(40)17-13-10-14-23-39-33-21-20-30(51(46,47)48)26-32(33)37(6,7)34(39)16-12-9-11-15-28(3)36(4,5)31-25-29(50(43,44)45)19-18-27(31)2/h8-9,11-12,15-16,18-21,25-26H,1,3,10,13-14,17,22-24H2,2,4-7H3,(H,38,40)(H,43,44,45)(H,46,47,48)/b12-9+,15-11+,34-16+. The lowest BCUT2D eigenvalue weighted by molar-refractivity contribution is -0.121. The van der Waals surface area contributed by atoms with Crippen LogP contribution in [0.3, 0.4) is 0 Å². The van der Waals surface area contributed by atoms with Crippen molar-refractivity contribution in [3.05, 3.63) is 113 Å². The molecule has 1 heterocycles. The monoisotopic (exact) mass is 760 g/mol. The van der Waals surface area contributed by atoms with Crippen molar-refractivity contribution in [3.8, 4) is 0 Å². The van der Waals surface area contributed by atoms with Crippen molar-refractivity contribution in [1.82, 2.24) is 5.32 Å². The number of carbonyl (C=O) groups is 1. The molecule has 0 radical (unpaired) electrons. The zero-order valence-electron chi connectivity index (χ0n) is 29.7. The van der Waals surface area contributed by atoms with Gasteiger partial charge in [-0.25, -0.2) is 8.42 Å². The highest BCUT2D eigenvalue weighted by Crippen LogP contribution is 2.48. The number of anilines is 1. The molecule has 51 heavy (non-hydrogen) atoms. The average molecular weight is 761 g/mol. The van der Waals surface area contributed by atoms with Crippen LogP contribution < -0.4 is 10.2 Å². The van der Waals surface area contributed by atoms with Crippen molar-refractivity contribution in [2.45, 2.75) is 80.9 Å². The Balaban J connectivity index is 1.78. The molecule has 0 bridgehead atoms. The molecule has 3 rings (SSSR count). The van der Waals surface area contributed by atoms with Gasteiger partial charge in [-0.3, -0.25) is 13.9 Å². The molecule has 2 aromatic carbocycles. The number of nitrogens with zero attached hydrogens (tertiary/aromatic N) is 1. The molecule has 0 aliphatic carbocycles. The first kappa shape index (κ1) is 41.6. The molecule has 0 atom stereocenters. The number of unbranched alkanes of at least 4 members (excludes halogenated alkanes) is 2. The number of sulfone groups is 1. The minimum Gasteiger partial charge on any atom is -0.355 e. The number of hydrogen-bond donors (Lipinski definition) is 3. The molecular formula is C37H48N2O9S3. The molecule has 0 saturated carbocycles.